The number of amides is 1. The number of fused-ring (bicyclic) bond motifs is 1. The van der Waals surface area contributed by atoms with Crippen LogP contribution in [0.5, 0.6) is 5.75 Å². The molecular weight excluding hydrogens is 367 g/mol. The molecule has 1 aliphatic rings. The summed E-state index contributed by atoms with van der Waals surface area (Å²) in [6.07, 6.45) is 4.15. The first-order valence-electron chi connectivity index (χ1n) is 8.55. The van der Waals surface area contributed by atoms with Crippen molar-refractivity contribution in [1.29, 1.82) is 0 Å². The Kier molecular flexibility index (Phi) is 4.22. The van der Waals surface area contributed by atoms with Gasteiger partial charge in [0.2, 0.25) is 0 Å². The molecule has 0 fully saturated rings. The molecule has 2 aromatic heterocycles. The first-order valence-corrected chi connectivity index (χ1v) is 9.42. The molecule has 3 heterocycles. The fourth-order valence-corrected chi connectivity index (χ4v) is 4.00. The van der Waals surface area contributed by atoms with E-state index >= 15 is 0 Å². The number of hydrogen-bond acceptors (Lipinski definition) is 5. The van der Waals surface area contributed by atoms with E-state index in [2.05, 4.69) is 15.4 Å². The first-order chi connectivity index (χ1) is 12.8. The van der Waals surface area contributed by atoms with Crippen LogP contribution in [0.25, 0.3) is 10.6 Å². The van der Waals surface area contributed by atoms with E-state index < -0.39 is 5.60 Å². The van der Waals surface area contributed by atoms with Crippen molar-refractivity contribution in [2.75, 3.05) is 0 Å². The van der Waals surface area contributed by atoms with Crippen LogP contribution in [0.2, 0.25) is 0 Å². The maximum absolute atomic E-state index is 13.6. The Bertz CT molecular complexity index is 1010. The first kappa shape index (κ1) is 17.7. The Labute approximate surface area is 160 Å². The Balaban J connectivity index is 1.57. The second kappa shape index (κ2) is 6.45. The molecule has 0 saturated carbocycles. The highest BCUT2D eigenvalue weighted by molar-refractivity contribution is 7.13. The zero-order valence-corrected chi connectivity index (χ0v) is 16.0. The predicted molar refractivity (Wildman–Crippen MR) is 100 cm³/mol. The van der Waals surface area contributed by atoms with Crippen molar-refractivity contribution in [1.82, 2.24) is 20.1 Å². The van der Waals surface area contributed by atoms with Gasteiger partial charge in [-0.05, 0) is 19.9 Å². The number of halogens is 1. The number of thiazole rings is 1. The molecular formula is C19H19FN4O2S. The average molecular weight is 386 g/mol. The van der Waals surface area contributed by atoms with E-state index in [0.29, 0.717) is 17.9 Å². The third-order valence-electron chi connectivity index (χ3n) is 4.43. The third kappa shape index (κ3) is 3.57. The lowest BCUT2D eigenvalue weighted by Crippen LogP contribution is -2.41. The number of hydrogen-bond donors (Lipinski definition) is 1. The van der Waals surface area contributed by atoms with Gasteiger partial charge < -0.3 is 10.1 Å². The summed E-state index contributed by atoms with van der Waals surface area (Å²) in [6, 6.07) is 4.12. The van der Waals surface area contributed by atoms with E-state index in [9.17, 15) is 9.18 Å². The lowest BCUT2D eigenvalue weighted by Gasteiger charge is -2.37. The topological polar surface area (TPSA) is 69.0 Å². The van der Waals surface area contributed by atoms with Gasteiger partial charge in [0, 0.05) is 42.2 Å². The van der Waals surface area contributed by atoms with Gasteiger partial charge in [0.25, 0.3) is 5.91 Å². The number of ether oxygens (including phenoxy) is 1. The monoisotopic (exact) mass is 386 g/mol. The smallest absolute Gasteiger partial charge is 0.271 e. The van der Waals surface area contributed by atoms with E-state index in [-0.39, 0.29) is 17.8 Å². The molecule has 1 aliphatic heterocycles. The van der Waals surface area contributed by atoms with Gasteiger partial charge in [0.15, 0.2) is 0 Å². The van der Waals surface area contributed by atoms with E-state index in [4.69, 9.17) is 4.74 Å². The summed E-state index contributed by atoms with van der Waals surface area (Å²) < 4.78 is 21.1. The van der Waals surface area contributed by atoms with Crippen LogP contribution in [0.15, 0.2) is 36.0 Å². The van der Waals surface area contributed by atoms with E-state index in [1.54, 1.807) is 22.3 Å². The number of carbonyl (C=O) groups excluding carboxylic acids is 1. The van der Waals surface area contributed by atoms with E-state index in [0.717, 1.165) is 16.1 Å². The minimum absolute atomic E-state index is 0.264. The highest BCUT2D eigenvalue weighted by atomic mass is 32.1. The Morgan fingerprint density at radius 1 is 1.44 bits per heavy atom. The molecule has 1 unspecified atom stereocenters. The van der Waals surface area contributed by atoms with Crippen LogP contribution in [0.3, 0.4) is 0 Å². The lowest BCUT2D eigenvalue weighted by molar-refractivity contribution is 0.0615. The SMILES string of the molecule is Cn1cc(-c2nc(C(=O)NC3CC(C)(C)Oc4cc(F)ccc43)cs2)cn1. The second-order valence-electron chi connectivity index (χ2n) is 7.21. The minimum Gasteiger partial charge on any atom is -0.487 e. The summed E-state index contributed by atoms with van der Waals surface area (Å²) >= 11 is 1.39. The quantitative estimate of drug-likeness (QED) is 0.745. The zero-order chi connectivity index (χ0) is 19.2. The summed E-state index contributed by atoms with van der Waals surface area (Å²) in [5, 5.41) is 9.61. The molecule has 0 radical (unpaired) electrons. The summed E-state index contributed by atoms with van der Waals surface area (Å²) in [5.74, 6) is -0.164. The Hall–Kier alpha value is -2.74. The minimum atomic E-state index is -0.512. The molecule has 1 atom stereocenters. The number of nitrogens with zero attached hydrogens (tertiary/aromatic N) is 3. The summed E-state index contributed by atoms with van der Waals surface area (Å²) in [6.45, 7) is 3.84. The van der Waals surface area contributed by atoms with Crippen LogP contribution in [-0.4, -0.2) is 26.3 Å². The van der Waals surface area contributed by atoms with Crippen molar-refractivity contribution in [2.24, 2.45) is 7.05 Å². The van der Waals surface area contributed by atoms with E-state index in [1.807, 2.05) is 27.1 Å². The lowest BCUT2D eigenvalue weighted by atomic mass is 9.89. The maximum atomic E-state index is 13.6. The fraction of sp³-hybridized carbons (Fsp3) is 0.316. The molecule has 3 aromatic rings. The summed E-state index contributed by atoms with van der Waals surface area (Å²) in [4.78, 5) is 17.2. The van der Waals surface area contributed by atoms with Crippen molar-refractivity contribution >= 4 is 17.2 Å². The maximum Gasteiger partial charge on any atom is 0.271 e. The molecule has 0 spiro atoms. The van der Waals surface area contributed by atoms with Gasteiger partial charge in [-0.15, -0.1) is 11.3 Å². The molecule has 1 N–H and O–H groups in total. The van der Waals surface area contributed by atoms with Gasteiger partial charge in [0.05, 0.1) is 12.2 Å². The normalized spacial score (nSPS) is 17.9. The van der Waals surface area contributed by atoms with Crippen LogP contribution in [0.4, 0.5) is 4.39 Å². The van der Waals surface area contributed by atoms with Crippen molar-refractivity contribution < 1.29 is 13.9 Å². The van der Waals surface area contributed by atoms with Crippen molar-refractivity contribution in [3.8, 4) is 16.3 Å². The predicted octanol–water partition coefficient (Wildman–Crippen LogP) is 3.71. The van der Waals surface area contributed by atoms with Crippen molar-refractivity contribution in [3.63, 3.8) is 0 Å². The number of carbonyl (C=O) groups is 1. The summed E-state index contributed by atoms with van der Waals surface area (Å²) in [5.41, 5.74) is 1.48. The molecule has 1 amide bonds. The van der Waals surface area contributed by atoms with Gasteiger partial charge in [-0.1, -0.05) is 6.07 Å². The molecule has 6 nitrogen and oxygen atoms in total. The average Bonchev–Trinajstić information content (AvgIpc) is 3.22. The molecule has 1 aromatic carbocycles. The summed E-state index contributed by atoms with van der Waals surface area (Å²) in [7, 11) is 1.83. The highest BCUT2D eigenvalue weighted by Gasteiger charge is 2.35. The third-order valence-corrected chi connectivity index (χ3v) is 5.32. The van der Waals surface area contributed by atoms with Gasteiger partial charge in [0.1, 0.15) is 27.9 Å². The largest absolute Gasteiger partial charge is 0.487 e. The van der Waals surface area contributed by atoms with Gasteiger partial charge in [-0.2, -0.15) is 5.10 Å². The van der Waals surface area contributed by atoms with Gasteiger partial charge >= 0.3 is 0 Å². The standard InChI is InChI=1S/C19H19FN4O2S/c1-19(2)7-14(13-5-4-12(20)6-16(13)26-19)22-17(25)15-10-27-18(23-15)11-8-21-24(3)9-11/h4-6,8-10,14H,7H2,1-3H3,(H,22,25). The van der Waals surface area contributed by atoms with Crippen LogP contribution in [0.1, 0.15) is 42.4 Å². The van der Waals surface area contributed by atoms with Crippen LogP contribution >= 0.6 is 11.3 Å². The van der Waals surface area contributed by atoms with E-state index in [1.165, 1.54) is 23.5 Å². The van der Waals surface area contributed by atoms with Crippen LogP contribution in [0, 0.1) is 5.82 Å². The second-order valence-corrected chi connectivity index (χ2v) is 8.07. The van der Waals surface area contributed by atoms with Crippen LogP contribution in [-0.2, 0) is 7.05 Å². The molecule has 0 aliphatic carbocycles. The Morgan fingerprint density at radius 2 is 2.26 bits per heavy atom. The van der Waals surface area contributed by atoms with Crippen LogP contribution < -0.4 is 10.1 Å². The highest BCUT2D eigenvalue weighted by Crippen LogP contribution is 2.40. The number of aromatic nitrogens is 3. The number of nitrogens with one attached hydrogen (secondary N) is 1. The molecule has 0 saturated heterocycles. The van der Waals surface area contributed by atoms with Gasteiger partial charge in [-0.25, -0.2) is 9.37 Å². The number of aryl methyl sites for hydroxylation is 1. The van der Waals surface area contributed by atoms with Gasteiger partial charge in [-0.3, -0.25) is 9.48 Å². The van der Waals surface area contributed by atoms with Crippen molar-refractivity contribution in [2.45, 2.75) is 31.9 Å². The molecule has 4 rings (SSSR count). The number of rotatable bonds is 3. The van der Waals surface area contributed by atoms with Crippen molar-refractivity contribution in [3.05, 3.63) is 53.0 Å². The fourth-order valence-electron chi connectivity index (χ4n) is 3.23. The molecule has 140 valence electrons. The molecule has 0 bridgehead atoms. The molecule has 27 heavy (non-hydrogen) atoms. The number of benzene rings is 1. The Morgan fingerprint density at radius 3 is 3.00 bits per heavy atom. The molecule has 8 heteroatoms. The zero-order valence-electron chi connectivity index (χ0n) is 15.2.